The third-order valence-electron chi connectivity index (χ3n) is 4.46. The maximum absolute atomic E-state index is 14.5. The molecule has 0 bridgehead atoms. The number of hydrogen-bond donors (Lipinski definition) is 4. The lowest BCUT2D eigenvalue weighted by Crippen LogP contribution is -2.27. The second kappa shape index (κ2) is 8.08. The van der Waals surface area contributed by atoms with Crippen LogP contribution in [-0.4, -0.2) is 30.7 Å². The van der Waals surface area contributed by atoms with Gasteiger partial charge in [0.1, 0.15) is 11.6 Å². The van der Waals surface area contributed by atoms with E-state index in [1.807, 2.05) is 0 Å². The third-order valence-corrected chi connectivity index (χ3v) is 5.17. The normalized spacial score (nSPS) is 12.6. The number of carboxylic acids is 1. The average molecular weight is 451 g/mol. The van der Waals surface area contributed by atoms with E-state index in [0.717, 1.165) is 0 Å². The molecule has 0 saturated carbocycles. The zero-order valence-corrected chi connectivity index (χ0v) is 17.5. The highest BCUT2D eigenvalue weighted by Gasteiger charge is 2.26. The number of rotatable bonds is 5. The van der Waals surface area contributed by atoms with Gasteiger partial charge >= 0.3 is 5.97 Å². The lowest BCUT2D eigenvalue weighted by atomic mass is 9.95. The number of carbonyl (C=O) groups is 2. The number of anilines is 3. The Balaban J connectivity index is 2.06. The summed E-state index contributed by atoms with van der Waals surface area (Å²) in [5.74, 6) is -4.33. The molecule has 8 nitrogen and oxygen atoms in total. The van der Waals surface area contributed by atoms with Crippen LogP contribution in [-0.2, 0) is 16.1 Å². The molecule has 0 saturated heterocycles. The summed E-state index contributed by atoms with van der Waals surface area (Å²) < 4.78 is 51.1. The van der Waals surface area contributed by atoms with Gasteiger partial charge in [-0.25, -0.2) is 22.1 Å². The summed E-state index contributed by atoms with van der Waals surface area (Å²) in [5.41, 5.74) is -1.16. The fraction of sp³-hybridized carbons (Fsp3) is 0.200. The summed E-state index contributed by atoms with van der Waals surface area (Å²) in [6, 6.07) is 5.68. The molecule has 3 aromatic rings. The van der Waals surface area contributed by atoms with Crippen molar-refractivity contribution in [1.82, 2.24) is 4.98 Å². The Bertz CT molecular complexity index is 1220. The van der Waals surface area contributed by atoms with Crippen molar-refractivity contribution >= 4 is 51.1 Å². The van der Waals surface area contributed by atoms with Gasteiger partial charge in [-0.1, -0.05) is 20.8 Å². The summed E-state index contributed by atoms with van der Waals surface area (Å²) in [6.45, 7) is 5.27. The molecule has 4 N–H and O–H groups in total. The molecule has 0 radical (unpaired) electrons. The van der Waals surface area contributed by atoms with Gasteiger partial charge < -0.3 is 15.4 Å². The van der Waals surface area contributed by atoms with Crippen molar-refractivity contribution < 1.29 is 32.2 Å². The summed E-state index contributed by atoms with van der Waals surface area (Å²) >= 11 is -2.81. The van der Waals surface area contributed by atoms with Crippen molar-refractivity contribution in [2.75, 3.05) is 9.62 Å². The molecule has 164 valence electrons. The monoisotopic (exact) mass is 451 g/mol. The Morgan fingerprint density at radius 2 is 1.77 bits per heavy atom. The highest BCUT2D eigenvalue weighted by atomic mass is 32.2. The van der Waals surface area contributed by atoms with Gasteiger partial charge in [-0.2, -0.15) is 0 Å². The highest BCUT2D eigenvalue weighted by Crippen LogP contribution is 2.36. The highest BCUT2D eigenvalue weighted by molar-refractivity contribution is 7.81. The van der Waals surface area contributed by atoms with Gasteiger partial charge in [0.25, 0.3) is 11.3 Å². The Morgan fingerprint density at radius 1 is 1.10 bits per heavy atom. The van der Waals surface area contributed by atoms with Crippen LogP contribution in [0.5, 0.6) is 0 Å². The number of aromatic carboxylic acids is 1. The molecule has 0 fully saturated rings. The van der Waals surface area contributed by atoms with Gasteiger partial charge in [-0.3, -0.25) is 9.35 Å². The number of nitrogens with zero attached hydrogens (tertiary/aromatic N) is 1. The predicted octanol–water partition coefficient (Wildman–Crippen LogP) is 4.40. The first kappa shape index (κ1) is 22.4. The minimum atomic E-state index is -2.81. The Morgan fingerprint density at radius 3 is 2.35 bits per heavy atom. The Kier molecular flexibility index (Phi) is 5.83. The van der Waals surface area contributed by atoms with Crippen LogP contribution in [0.25, 0.3) is 10.9 Å². The summed E-state index contributed by atoms with van der Waals surface area (Å²) in [7, 11) is 0. The zero-order chi connectivity index (χ0) is 23.1. The first-order valence-electron chi connectivity index (χ1n) is 8.96. The van der Waals surface area contributed by atoms with E-state index in [0.29, 0.717) is 33.0 Å². The maximum Gasteiger partial charge on any atom is 0.338 e. The van der Waals surface area contributed by atoms with Crippen LogP contribution in [0.4, 0.5) is 25.8 Å². The minimum absolute atomic E-state index is 0.0471. The molecule has 0 spiro atoms. The molecule has 3 rings (SSSR count). The van der Waals surface area contributed by atoms with Crippen LogP contribution in [0.15, 0.2) is 36.5 Å². The predicted molar refractivity (Wildman–Crippen MR) is 113 cm³/mol. The van der Waals surface area contributed by atoms with E-state index in [-0.39, 0.29) is 11.6 Å². The van der Waals surface area contributed by atoms with Gasteiger partial charge in [-0.15, -0.1) is 0 Å². The maximum atomic E-state index is 14.5. The zero-order valence-electron chi connectivity index (χ0n) is 16.7. The van der Waals surface area contributed by atoms with Crippen molar-refractivity contribution in [2.45, 2.75) is 20.8 Å². The topological polar surface area (TPSA) is 123 Å². The molecule has 1 amide bonds. The van der Waals surface area contributed by atoms with E-state index in [1.165, 1.54) is 6.20 Å². The number of hydrogen-bond acceptors (Lipinski definition) is 3. The van der Waals surface area contributed by atoms with Gasteiger partial charge in [-0.05, 0) is 24.3 Å². The Hall–Kier alpha value is -3.31. The molecule has 0 aliphatic rings. The van der Waals surface area contributed by atoms with E-state index in [4.69, 9.17) is 5.11 Å². The molecule has 31 heavy (non-hydrogen) atoms. The fourth-order valence-electron chi connectivity index (χ4n) is 2.83. The molecule has 1 heterocycles. The summed E-state index contributed by atoms with van der Waals surface area (Å²) in [4.78, 5) is 26.0. The second-order valence-corrected chi connectivity index (χ2v) is 8.58. The van der Waals surface area contributed by atoms with E-state index in [2.05, 4.69) is 10.3 Å². The number of fused-ring (bicyclic) bond motifs is 1. The van der Waals surface area contributed by atoms with Crippen LogP contribution < -0.4 is 9.62 Å². The van der Waals surface area contributed by atoms with Crippen molar-refractivity contribution in [3.63, 3.8) is 0 Å². The molecule has 1 aromatic heterocycles. The lowest BCUT2D eigenvalue weighted by Gasteiger charge is -2.20. The van der Waals surface area contributed by atoms with Crippen LogP contribution in [0.3, 0.4) is 0 Å². The van der Waals surface area contributed by atoms with Crippen molar-refractivity contribution in [3.05, 3.63) is 53.7 Å². The molecular weight excluding hydrogens is 432 g/mol. The first-order chi connectivity index (χ1) is 14.4. The standard InChI is InChI=1S/C20H19F2N3O5S/c1-20(2,3)19(28)24-10-4-5-11-15(6-10)23-9-17(11)25(31(29)30)16-8-13(21)12(18(26)27)7-14(16)22/h4-9,23H,1-3H3,(H,24,28)(H,26,27)(H,29,30). The van der Waals surface area contributed by atoms with E-state index >= 15 is 0 Å². The number of nitrogens with one attached hydrogen (secondary N) is 2. The largest absolute Gasteiger partial charge is 0.478 e. The van der Waals surface area contributed by atoms with Crippen LogP contribution in [0, 0.1) is 17.0 Å². The first-order valence-corrected chi connectivity index (χ1v) is 10.0. The minimum Gasteiger partial charge on any atom is -0.478 e. The number of benzene rings is 2. The number of amides is 1. The van der Waals surface area contributed by atoms with Gasteiger partial charge in [0.05, 0.1) is 16.9 Å². The third kappa shape index (κ3) is 4.42. The molecule has 11 heteroatoms. The van der Waals surface area contributed by atoms with Gasteiger partial charge in [0.2, 0.25) is 5.91 Å². The summed E-state index contributed by atoms with van der Waals surface area (Å²) in [5, 5.41) is 12.1. The molecule has 0 aliphatic heterocycles. The fourth-order valence-corrected chi connectivity index (χ4v) is 3.46. The quantitative estimate of drug-likeness (QED) is 0.428. The van der Waals surface area contributed by atoms with Crippen LogP contribution >= 0.6 is 0 Å². The SMILES string of the molecule is CC(C)(C)C(=O)Nc1ccc2c(N(c3cc(F)c(C(=O)O)cc3F)S(=O)O)c[nH]c2c1. The molecule has 0 aliphatic carbocycles. The number of halogens is 2. The lowest BCUT2D eigenvalue weighted by molar-refractivity contribution is -0.123. The van der Waals surface area contributed by atoms with Gasteiger partial charge in [0, 0.05) is 34.3 Å². The average Bonchev–Trinajstić information content (AvgIpc) is 3.06. The molecular formula is C20H19F2N3O5S. The van der Waals surface area contributed by atoms with E-state index in [1.54, 1.807) is 39.0 Å². The van der Waals surface area contributed by atoms with Crippen LogP contribution in [0.1, 0.15) is 31.1 Å². The van der Waals surface area contributed by atoms with E-state index in [9.17, 15) is 27.1 Å². The second-order valence-electron chi connectivity index (χ2n) is 7.75. The number of carbonyl (C=O) groups excluding carboxylic acids is 1. The molecule has 2 aromatic carbocycles. The number of aromatic nitrogens is 1. The molecule has 1 unspecified atom stereocenters. The van der Waals surface area contributed by atoms with Crippen molar-refractivity contribution in [2.24, 2.45) is 5.41 Å². The van der Waals surface area contributed by atoms with Crippen LogP contribution in [0.2, 0.25) is 0 Å². The smallest absolute Gasteiger partial charge is 0.338 e. The van der Waals surface area contributed by atoms with Crippen molar-refractivity contribution in [3.8, 4) is 0 Å². The summed E-state index contributed by atoms with van der Waals surface area (Å²) in [6.07, 6.45) is 1.32. The Labute approximate surface area is 178 Å². The number of carboxylic acid groups (broad SMARTS) is 1. The van der Waals surface area contributed by atoms with E-state index < -0.39 is 45.5 Å². The van der Waals surface area contributed by atoms with Gasteiger partial charge in [0.15, 0.2) is 0 Å². The van der Waals surface area contributed by atoms with Crippen molar-refractivity contribution in [1.29, 1.82) is 0 Å². The number of H-pyrrole nitrogens is 1. The number of aromatic amines is 1. The molecule has 1 atom stereocenters.